The number of aromatic nitrogens is 2. The largest absolute Gasteiger partial charge is 0.473 e. The van der Waals surface area contributed by atoms with Crippen LogP contribution in [-0.4, -0.2) is 44.8 Å². The first-order valence-corrected chi connectivity index (χ1v) is 16.5. The highest BCUT2D eigenvalue weighted by Gasteiger charge is 2.51. The Balaban J connectivity index is 1.33. The van der Waals surface area contributed by atoms with E-state index in [0.29, 0.717) is 35.0 Å². The number of carbonyl (C=O) groups excluding carboxylic acids is 1. The minimum atomic E-state index is -1.55. The Morgan fingerprint density at radius 2 is 1.57 bits per heavy atom. The highest BCUT2D eigenvalue weighted by molar-refractivity contribution is 5.86. The van der Waals surface area contributed by atoms with Gasteiger partial charge in [-0.2, -0.15) is 4.98 Å². The van der Waals surface area contributed by atoms with Crippen LogP contribution >= 0.6 is 0 Å². The number of likely N-dealkylation sites (tertiary alicyclic amines) is 1. The van der Waals surface area contributed by atoms with Gasteiger partial charge in [0.25, 0.3) is 0 Å². The molecule has 254 valence electrons. The molecule has 0 radical (unpaired) electrons. The van der Waals surface area contributed by atoms with E-state index in [9.17, 15) is 9.90 Å². The molecule has 0 spiro atoms. The van der Waals surface area contributed by atoms with Crippen molar-refractivity contribution in [2.24, 2.45) is 5.41 Å². The number of hydrogen-bond donors (Lipinski definition) is 1. The standard InChI is InChI=1S/C40H42FN3O5/c1-38(2,3)49-37(45)44-21-20-40(46,39(4,5)26-44)32-17-18-33-31(35(32)41)22-29(23-42-33)30-16-19-34(47-24-27-12-8-6-9-13-27)43-36(30)48-25-28-14-10-7-11-15-28/h6-19,22-23,46H,20-21,24-26H2,1-5H3. The van der Waals surface area contributed by atoms with Crippen molar-refractivity contribution in [1.29, 1.82) is 0 Å². The summed E-state index contributed by atoms with van der Waals surface area (Å²) >= 11 is 0. The van der Waals surface area contributed by atoms with E-state index in [4.69, 9.17) is 19.2 Å². The third-order valence-corrected chi connectivity index (χ3v) is 8.94. The summed E-state index contributed by atoms with van der Waals surface area (Å²) in [5.74, 6) is 0.150. The molecule has 0 saturated carbocycles. The van der Waals surface area contributed by atoms with Crippen molar-refractivity contribution in [3.05, 3.63) is 120 Å². The SMILES string of the molecule is CC(C)(C)OC(=O)N1CCC(O)(c2ccc3ncc(-c4ccc(OCc5ccccc5)nc4OCc4ccccc4)cc3c2F)C(C)(C)C1. The number of nitrogens with zero attached hydrogens (tertiary/aromatic N) is 3. The van der Waals surface area contributed by atoms with Crippen LogP contribution in [0.5, 0.6) is 11.8 Å². The average Bonchev–Trinajstić information content (AvgIpc) is 3.08. The zero-order valence-corrected chi connectivity index (χ0v) is 28.6. The summed E-state index contributed by atoms with van der Waals surface area (Å²) < 4.78 is 34.5. The van der Waals surface area contributed by atoms with E-state index in [0.717, 1.165) is 11.1 Å². The summed E-state index contributed by atoms with van der Waals surface area (Å²) in [6.07, 6.45) is 1.35. The number of halogens is 1. The van der Waals surface area contributed by atoms with Crippen molar-refractivity contribution in [1.82, 2.24) is 14.9 Å². The van der Waals surface area contributed by atoms with Gasteiger partial charge in [0, 0.05) is 52.8 Å². The van der Waals surface area contributed by atoms with Crippen LogP contribution in [0.25, 0.3) is 22.0 Å². The third kappa shape index (κ3) is 7.37. The molecular weight excluding hydrogens is 621 g/mol. The molecule has 1 fully saturated rings. The number of piperidine rings is 1. The van der Waals surface area contributed by atoms with Gasteiger partial charge in [-0.25, -0.2) is 9.18 Å². The number of carbonyl (C=O) groups is 1. The van der Waals surface area contributed by atoms with Crippen molar-refractivity contribution < 1.29 is 28.5 Å². The maximum Gasteiger partial charge on any atom is 0.410 e. The Hall–Kier alpha value is -5.02. The summed E-state index contributed by atoms with van der Waals surface area (Å²) in [4.78, 5) is 23.7. The lowest BCUT2D eigenvalue weighted by molar-refractivity contribution is -0.125. The first kappa shape index (κ1) is 33.9. The maximum atomic E-state index is 16.6. The molecule has 1 aliphatic rings. The molecule has 8 nitrogen and oxygen atoms in total. The van der Waals surface area contributed by atoms with Gasteiger partial charge in [-0.3, -0.25) is 4.98 Å². The van der Waals surface area contributed by atoms with Gasteiger partial charge in [0.15, 0.2) is 0 Å². The molecule has 5 aromatic rings. The van der Waals surface area contributed by atoms with E-state index >= 15 is 4.39 Å². The molecule has 1 aliphatic heterocycles. The fraction of sp³-hybridized carbons (Fsp3) is 0.325. The van der Waals surface area contributed by atoms with Gasteiger partial charge < -0.3 is 24.2 Å². The monoisotopic (exact) mass is 663 g/mol. The lowest BCUT2D eigenvalue weighted by Gasteiger charge is -2.50. The molecule has 0 bridgehead atoms. The van der Waals surface area contributed by atoms with Gasteiger partial charge in [-0.1, -0.05) is 80.6 Å². The number of pyridine rings is 2. The maximum absolute atomic E-state index is 16.6. The summed E-state index contributed by atoms with van der Waals surface area (Å²) in [5, 5.41) is 12.4. The molecule has 9 heteroatoms. The number of ether oxygens (including phenoxy) is 3. The molecule has 1 atom stereocenters. The van der Waals surface area contributed by atoms with Crippen LogP contribution in [0, 0.1) is 11.2 Å². The van der Waals surface area contributed by atoms with E-state index in [2.05, 4.69) is 4.98 Å². The van der Waals surface area contributed by atoms with Crippen molar-refractivity contribution in [2.45, 2.75) is 65.5 Å². The molecule has 6 rings (SSSR count). The van der Waals surface area contributed by atoms with E-state index < -0.39 is 28.5 Å². The second kappa shape index (κ2) is 13.5. The predicted molar refractivity (Wildman–Crippen MR) is 187 cm³/mol. The summed E-state index contributed by atoms with van der Waals surface area (Å²) in [5.41, 5.74) is 0.699. The zero-order valence-electron chi connectivity index (χ0n) is 28.6. The zero-order chi connectivity index (χ0) is 34.8. The van der Waals surface area contributed by atoms with Gasteiger partial charge in [-0.05, 0) is 56.5 Å². The fourth-order valence-corrected chi connectivity index (χ4v) is 6.23. The number of amides is 1. The Labute approximate surface area is 286 Å². The molecule has 1 amide bonds. The first-order chi connectivity index (χ1) is 23.3. The number of fused-ring (bicyclic) bond motifs is 1. The van der Waals surface area contributed by atoms with Gasteiger partial charge >= 0.3 is 6.09 Å². The smallest absolute Gasteiger partial charge is 0.410 e. The Kier molecular flexibility index (Phi) is 9.31. The van der Waals surface area contributed by atoms with Crippen LogP contribution in [-0.2, 0) is 23.6 Å². The highest BCUT2D eigenvalue weighted by Crippen LogP contribution is 2.48. The van der Waals surface area contributed by atoms with E-state index in [1.165, 1.54) is 0 Å². The summed E-state index contributed by atoms with van der Waals surface area (Å²) in [7, 11) is 0. The van der Waals surface area contributed by atoms with Crippen LogP contribution in [0.1, 0.15) is 57.7 Å². The van der Waals surface area contributed by atoms with E-state index in [1.54, 1.807) is 35.4 Å². The molecule has 3 aromatic carbocycles. The molecule has 49 heavy (non-hydrogen) atoms. The molecule has 0 aliphatic carbocycles. The average molecular weight is 664 g/mol. The van der Waals surface area contributed by atoms with Crippen molar-refractivity contribution in [2.75, 3.05) is 13.1 Å². The molecule has 1 unspecified atom stereocenters. The molecule has 2 aromatic heterocycles. The van der Waals surface area contributed by atoms with E-state index in [1.807, 2.05) is 101 Å². The Morgan fingerprint density at radius 3 is 2.20 bits per heavy atom. The molecular formula is C40H42FN3O5. The van der Waals surface area contributed by atoms with E-state index in [-0.39, 0.29) is 37.1 Å². The topological polar surface area (TPSA) is 94.0 Å². The lowest BCUT2D eigenvalue weighted by atomic mass is 9.66. The Morgan fingerprint density at radius 1 is 0.918 bits per heavy atom. The van der Waals surface area contributed by atoms with Crippen LogP contribution < -0.4 is 9.47 Å². The summed E-state index contributed by atoms with van der Waals surface area (Å²) in [6.45, 7) is 10.1. The van der Waals surface area contributed by atoms with Gasteiger partial charge in [0.1, 0.15) is 30.2 Å². The van der Waals surface area contributed by atoms with Crippen LogP contribution in [0.2, 0.25) is 0 Å². The van der Waals surface area contributed by atoms with Gasteiger partial charge in [0.2, 0.25) is 11.8 Å². The number of aliphatic hydroxyl groups is 1. The lowest BCUT2D eigenvalue weighted by Crippen LogP contribution is -2.57. The summed E-state index contributed by atoms with van der Waals surface area (Å²) in [6, 6.07) is 28.2. The predicted octanol–water partition coefficient (Wildman–Crippen LogP) is 8.45. The third-order valence-electron chi connectivity index (χ3n) is 8.94. The number of hydrogen-bond acceptors (Lipinski definition) is 7. The minimum absolute atomic E-state index is 0.140. The Bertz CT molecular complexity index is 1950. The van der Waals surface area contributed by atoms with Gasteiger partial charge in [-0.15, -0.1) is 0 Å². The first-order valence-electron chi connectivity index (χ1n) is 16.5. The van der Waals surface area contributed by atoms with Crippen LogP contribution in [0.15, 0.2) is 97.2 Å². The molecule has 1 saturated heterocycles. The van der Waals surface area contributed by atoms with Crippen molar-refractivity contribution >= 4 is 17.0 Å². The number of rotatable bonds is 8. The van der Waals surface area contributed by atoms with Crippen molar-refractivity contribution in [3.63, 3.8) is 0 Å². The highest BCUT2D eigenvalue weighted by atomic mass is 19.1. The molecule has 3 heterocycles. The van der Waals surface area contributed by atoms with Gasteiger partial charge in [0.05, 0.1) is 5.52 Å². The minimum Gasteiger partial charge on any atom is -0.473 e. The number of benzene rings is 3. The van der Waals surface area contributed by atoms with Crippen molar-refractivity contribution in [3.8, 4) is 22.9 Å². The van der Waals surface area contributed by atoms with Crippen LogP contribution in [0.4, 0.5) is 9.18 Å². The normalized spacial score (nSPS) is 17.5. The fourth-order valence-electron chi connectivity index (χ4n) is 6.23. The second-order valence-corrected chi connectivity index (χ2v) is 14.2. The van der Waals surface area contributed by atoms with Crippen LogP contribution in [0.3, 0.4) is 0 Å². The quantitative estimate of drug-likeness (QED) is 0.178. The second-order valence-electron chi connectivity index (χ2n) is 14.2. The molecule has 1 N–H and O–H groups in total.